The standard InChI is InChI=1S/C38H50N4O7S/c1-6-26-21-38(26,36(46)40-50(47,48)28-13-14-28)22-32(43)31-19-27-23-42(31)35(45)30(37(2,3)4)20-33(44)41(5)17-9-7-8-10-24-11-12-25-15-16-39-34(49-27)29(25)18-24/h6,11-12,15-16,18,26-28,30-31H,1,7-10,13-14,17,19-23H2,2-5H3,(H,40,46)/t26-,27-,30-,31+,38-/m1/s1. The molecule has 1 N–H and O–H groups in total. The maximum absolute atomic E-state index is 14.6. The predicted molar refractivity (Wildman–Crippen MR) is 189 cm³/mol. The zero-order valence-electron chi connectivity index (χ0n) is 29.7. The smallest absolute Gasteiger partial charge is 0.240 e. The van der Waals surface area contributed by atoms with Crippen LogP contribution in [0.25, 0.3) is 10.8 Å². The van der Waals surface area contributed by atoms with Crippen LogP contribution in [-0.2, 0) is 35.6 Å². The predicted octanol–water partition coefficient (Wildman–Crippen LogP) is 4.58. The van der Waals surface area contributed by atoms with Crippen molar-refractivity contribution >= 4 is 44.3 Å². The first-order valence-electron chi connectivity index (χ1n) is 17.9. The number of nitrogens with one attached hydrogen (secondary N) is 1. The Balaban J connectivity index is 1.33. The number of hydrogen-bond donors (Lipinski definition) is 1. The summed E-state index contributed by atoms with van der Waals surface area (Å²) in [6.07, 6.45) is 7.55. The highest BCUT2D eigenvalue weighted by atomic mass is 32.2. The van der Waals surface area contributed by atoms with Crippen LogP contribution in [0, 0.1) is 22.7 Å². The van der Waals surface area contributed by atoms with Gasteiger partial charge < -0.3 is 14.5 Å². The number of pyridine rings is 1. The van der Waals surface area contributed by atoms with Crippen LogP contribution in [0.1, 0.15) is 84.1 Å². The molecule has 4 aliphatic rings. The van der Waals surface area contributed by atoms with Crippen LogP contribution in [0.5, 0.6) is 5.88 Å². The van der Waals surface area contributed by atoms with Crippen molar-refractivity contribution in [1.82, 2.24) is 19.5 Å². The van der Waals surface area contributed by atoms with Crippen molar-refractivity contribution in [2.75, 3.05) is 20.1 Å². The van der Waals surface area contributed by atoms with E-state index in [2.05, 4.69) is 28.4 Å². The number of aromatic nitrogens is 1. The molecule has 5 atom stereocenters. The summed E-state index contributed by atoms with van der Waals surface area (Å²) in [6, 6.07) is 7.23. The third kappa shape index (κ3) is 7.45. The van der Waals surface area contributed by atoms with Gasteiger partial charge in [-0.2, -0.15) is 0 Å². The highest BCUT2D eigenvalue weighted by Gasteiger charge is 2.61. The molecule has 0 unspecified atom stereocenters. The Morgan fingerprint density at radius 1 is 1.14 bits per heavy atom. The first-order chi connectivity index (χ1) is 23.6. The summed E-state index contributed by atoms with van der Waals surface area (Å²) in [5.74, 6) is -2.14. The number of carbonyl (C=O) groups excluding carboxylic acids is 4. The summed E-state index contributed by atoms with van der Waals surface area (Å²) in [7, 11) is -2.05. The molecule has 4 bridgehead atoms. The van der Waals surface area contributed by atoms with Crippen LogP contribution < -0.4 is 9.46 Å². The van der Waals surface area contributed by atoms with Crippen LogP contribution in [0.15, 0.2) is 43.1 Å². The number of carbonyl (C=O) groups is 4. The lowest BCUT2D eigenvalue weighted by atomic mass is 9.77. The highest BCUT2D eigenvalue weighted by molar-refractivity contribution is 7.90. The number of benzene rings is 1. The van der Waals surface area contributed by atoms with Gasteiger partial charge in [0.05, 0.1) is 29.2 Å². The van der Waals surface area contributed by atoms with Crippen molar-refractivity contribution in [3.63, 3.8) is 0 Å². The topological polar surface area (TPSA) is 143 Å². The SMILES string of the molecule is C=C[C@@H]1C[C@]1(CC(=O)[C@@H]1C[C@@H]2CN1C(=O)[C@H](C(C)(C)C)CC(=O)N(C)CCCCCc1ccc3ccnc(c3c1)O2)C(=O)NS(=O)(=O)C1CC1. The van der Waals surface area contributed by atoms with Crippen molar-refractivity contribution < 1.29 is 32.3 Å². The Morgan fingerprint density at radius 3 is 2.58 bits per heavy atom. The molecule has 6 rings (SSSR count). The van der Waals surface area contributed by atoms with E-state index in [4.69, 9.17) is 4.74 Å². The first-order valence-corrected chi connectivity index (χ1v) is 19.5. The van der Waals surface area contributed by atoms with Gasteiger partial charge in [0.1, 0.15) is 6.10 Å². The molecule has 2 aromatic rings. The molecule has 3 heterocycles. The van der Waals surface area contributed by atoms with E-state index in [0.717, 1.165) is 42.0 Å². The monoisotopic (exact) mass is 706 g/mol. The minimum atomic E-state index is -3.83. The van der Waals surface area contributed by atoms with Gasteiger partial charge in [0.25, 0.3) is 0 Å². The minimum absolute atomic E-state index is 0.00287. The number of allylic oxidation sites excluding steroid dienone is 1. The fourth-order valence-corrected chi connectivity index (χ4v) is 9.00. The molecule has 50 heavy (non-hydrogen) atoms. The second kappa shape index (κ2) is 13.7. The lowest BCUT2D eigenvalue weighted by molar-refractivity contribution is -0.148. The molecular weight excluding hydrogens is 657 g/mol. The quantitative estimate of drug-likeness (QED) is 0.413. The summed E-state index contributed by atoms with van der Waals surface area (Å²) in [5.41, 5.74) is -0.702. The fourth-order valence-electron chi connectivity index (χ4n) is 7.61. The molecule has 3 amide bonds. The largest absolute Gasteiger partial charge is 0.472 e. The zero-order chi connectivity index (χ0) is 36.0. The van der Waals surface area contributed by atoms with Crippen LogP contribution in [-0.4, -0.2) is 84.2 Å². The van der Waals surface area contributed by atoms with Crippen molar-refractivity contribution in [1.29, 1.82) is 0 Å². The summed E-state index contributed by atoms with van der Waals surface area (Å²) in [4.78, 5) is 63.8. The minimum Gasteiger partial charge on any atom is -0.472 e. The maximum Gasteiger partial charge on any atom is 0.240 e. The number of amides is 3. The van der Waals surface area contributed by atoms with Gasteiger partial charge in [-0.1, -0.05) is 45.4 Å². The van der Waals surface area contributed by atoms with Crippen molar-refractivity contribution in [3.05, 3.63) is 48.7 Å². The Morgan fingerprint density at radius 2 is 1.90 bits per heavy atom. The second-order valence-corrected chi connectivity index (χ2v) is 17.9. The Kier molecular flexibility index (Phi) is 9.89. The molecule has 1 aromatic carbocycles. The number of Topliss-reactive ketones (excluding diaryl/α,β-unsaturated/α-hetero) is 1. The number of ketones is 1. The Bertz CT molecular complexity index is 1800. The highest BCUT2D eigenvalue weighted by Crippen LogP contribution is 2.57. The van der Waals surface area contributed by atoms with Gasteiger partial charge in [-0.15, -0.1) is 6.58 Å². The van der Waals surface area contributed by atoms with Gasteiger partial charge in [0.2, 0.25) is 33.6 Å². The molecular formula is C38H50N4O7S. The van der Waals surface area contributed by atoms with E-state index in [1.165, 1.54) is 4.90 Å². The number of ether oxygens (including phenoxy) is 1. The average Bonchev–Trinajstić information content (AvgIpc) is 3.99. The molecule has 2 aliphatic heterocycles. The van der Waals surface area contributed by atoms with E-state index in [9.17, 15) is 27.6 Å². The molecule has 2 saturated carbocycles. The average molecular weight is 707 g/mol. The van der Waals surface area contributed by atoms with Gasteiger partial charge in [-0.3, -0.25) is 23.9 Å². The molecule has 1 aromatic heterocycles. The lowest BCUT2D eigenvalue weighted by Crippen LogP contribution is -2.49. The van der Waals surface area contributed by atoms with E-state index < -0.39 is 50.1 Å². The van der Waals surface area contributed by atoms with Gasteiger partial charge in [-0.25, -0.2) is 13.4 Å². The summed E-state index contributed by atoms with van der Waals surface area (Å²) >= 11 is 0. The van der Waals surface area contributed by atoms with E-state index in [1.54, 1.807) is 24.2 Å². The van der Waals surface area contributed by atoms with Crippen LogP contribution in [0.2, 0.25) is 0 Å². The third-order valence-corrected chi connectivity index (χ3v) is 13.0. The molecule has 2 aliphatic carbocycles. The number of aryl methyl sites for hydroxylation is 1. The lowest BCUT2D eigenvalue weighted by Gasteiger charge is -2.35. The van der Waals surface area contributed by atoms with Gasteiger partial charge in [-0.05, 0) is 72.9 Å². The molecule has 11 nitrogen and oxygen atoms in total. The summed E-state index contributed by atoms with van der Waals surface area (Å²) in [6.45, 7) is 10.3. The number of sulfonamides is 1. The molecule has 270 valence electrons. The molecule has 12 heteroatoms. The zero-order valence-corrected chi connectivity index (χ0v) is 30.5. The number of nitrogens with zero attached hydrogens (tertiary/aromatic N) is 3. The van der Waals surface area contributed by atoms with E-state index >= 15 is 0 Å². The maximum atomic E-state index is 14.6. The number of hydrogen-bond acceptors (Lipinski definition) is 8. The number of rotatable bonds is 7. The van der Waals surface area contributed by atoms with Crippen LogP contribution in [0.3, 0.4) is 0 Å². The van der Waals surface area contributed by atoms with Crippen LogP contribution >= 0.6 is 0 Å². The van der Waals surface area contributed by atoms with Gasteiger partial charge >= 0.3 is 0 Å². The summed E-state index contributed by atoms with van der Waals surface area (Å²) < 4.78 is 34.2. The molecule has 0 spiro atoms. The fraction of sp³-hybridized carbons (Fsp3) is 0.605. The summed E-state index contributed by atoms with van der Waals surface area (Å²) in [5, 5.41) is 1.24. The van der Waals surface area contributed by atoms with Gasteiger partial charge in [0.15, 0.2) is 5.78 Å². The Labute approximate surface area is 295 Å². The van der Waals surface area contributed by atoms with Crippen molar-refractivity contribution in [2.45, 2.75) is 102 Å². The van der Waals surface area contributed by atoms with Crippen molar-refractivity contribution in [2.24, 2.45) is 22.7 Å². The van der Waals surface area contributed by atoms with E-state index in [1.807, 2.05) is 32.9 Å². The first kappa shape index (κ1) is 36.0. The normalized spacial score (nSPS) is 28.2. The van der Waals surface area contributed by atoms with E-state index in [0.29, 0.717) is 31.7 Å². The Hall–Kier alpha value is -3.80. The number of fused-ring (bicyclic) bond motifs is 3. The van der Waals surface area contributed by atoms with Gasteiger partial charge in [0, 0.05) is 44.4 Å². The molecule has 3 fully saturated rings. The molecule has 1 saturated heterocycles. The third-order valence-electron chi connectivity index (χ3n) is 11.2. The second-order valence-electron chi connectivity index (χ2n) is 15.9. The van der Waals surface area contributed by atoms with Crippen molar-refractivity contribution in [3.8, 4) is 5.88 Å². The van der Waals surface area contributed by atoms with E-state index in [-0.39, 0.29) is 49.3 Å². The molecule has 0 radical (unpaired) electrons. The van der Waals surface area contributed by atoms with Crippen LogP contribution in [0.4, 0.5) is 0 Å².